The number of rotatable bonds is 4. The molecule has 1 aromatic heterocycles. The van der Waals surface area contributed by atoms with Crippen molar-refractivity contribution < 1.29 is 4.79 Å². The second kappa shape index (κ2) is 7.49. The van der Waals surface area contributed by atoms with Crippen molar-refractivity contribution in [3.63, 3.8) is 0 Å². The van der Waals surface area contributed by atoms with Gasteiger partial charge in [0.2, 0.25) is 5.91 Å². The summed E-state index contributed by atoms with van der Waals surface area (Å²) in [7, 11) is 0. The van der Waals surface area contributed by atoms with E-state index in [1.807, 2.05) is 18.2 Å². The molecule has 0 spiro atoms. The molecule has 1 heterocycles. The molecule has 0 radical (unpaired) electrons. The van der Waals surface area contributed by atoms with Crippen LogP contribution in [0.15, 0.2) is 60.8 Å². The van der Waals surface area contributed by atoms with Gasteiger partial charge in [-0.15, -0.1) is 0 Å². The quantitative estimate of drug-likeness (QED) is 0.616. The zero-order valence-electron chi connectivity index (χ0n) is 14.2. The van der Waals surface area contributed by atoms with Gasteiger partial charge in [0, 0.05) is 22.7 Å². The van der Waals surface area contributed by atoms with E-state index in [9.17, 15) is 4.79 Å². The number of benzene rings is 2. The van der Waals surface area contributed by atoms with Gasteiger partial charge in [-0.2, -0.15) is 0 Å². The largest absolute Gasteiger partial charge is 0.322 e. The molecule has 0 aliphatic rings. The molecule has 3 aromatic rings. The number of halogens is 1. The van der Waals surface area contributed by atoms with Crippen molar-refractivity contribution >= 4 is 40.2 Å². The summed E-state index contributed by atoms with van der Waals surface area (Å²) in [5, 5.41) is 4.37. The van der Waals surface area contributed by atoms with E-state index < -0.39 is 0 Å². The van der Waals surface area contributed by atoms with Crippen molar-refractivity contribution in [1.29, 1.82) is 0 Å². The standard InChI is InChI=1S/C21H19ClN2O/c1-14(2)16-6-3-15(4-7-16)5-10-21(25)24-19-11-12-23-20-13-17(22)8-9-18(19)20/h3-14H,1-2H3,(H,23,24,25)/b10-5+. The zero-order valence-corrected chi connectivity index (χ0v) is 14.9. The van der Waals surface area contributed by atoms with Crippen LogP contribution in [0.3, 0.4) is 0 Å². The summed E-state index contributed by atoms with van der Waals surface area (Å²) >= 11 is 5.99. The molecule has 0 unspecified atom stereocenters. The SMILES string of the molecule is CC(C)c1ccc(/C=C/C(=O)Nc2ccnc3cc(Cl)ccc23)cc1. The molecule has 2 aromatic carbocycles. The van der Waals surface area contributed by atoms with Crippen LogP contribution in [-0.4, -0.2) is 10.9 Å². The molecular formula is C21H19ClN2O. The van der Waals surface area contributed by atoms with E-state index in [-0.39, 0.29) is 5.91 Å². The lowest BCUT2D eigenvalue weighted by atomic mass is 10.0. The average molecular weight is 351 g/mol. The smallest absolute Gasteiger partial charge is 0.248 e. The third-order valence-electron chi connectivity index (χ3n) is 3.99. The summed E-state index contributed by atoms with van der Waals surface area (Å²) in [6.07, 6.45) is 4.99. The van der Waals surface area contributed by atoms with Gasteiger partial charge in [0.15, 0.2) is 0 Å². The molecule has 3 rings (SSSR count). The van der Waals surface area contributed by atoms with Crippen molar-refractivity contribution in [2.75, 3.05) is 5.32 Å². The zero-order chi connectivity index (χ0) is 17.8. The number of anilines is 1. The fourth-order valence-electron chi connectivity index (χ4n) is 2.57. The van der Waals surface area contributed by atoms with Gasteiger partial charge in [0.05, 0.1) is 11.2 Å². The number of fused-ring (bicyclic) bond motifs is 1. The maximum absolute atomic E-state index is 12.2. The maximum Gasteiger partial charge on any atom is 0.248 e. The molecular weight excluding hydrogens is 332 g/mol. The van der Waals surface area contributed by atoms with E-state index >= 15 is 0 Å². The predicted molar refractivity (Wildman–Crippen MR) is 105 cm³/mol. The first kappa shape index (κ1) is 17.2. The van der Waals surface area contributed by atoms with Gasteiger partial charge in [0.1, 0.15) is 0 Å². The van der Waals surface area contributed by atoms with E-state index in [4.69, 9.17) is 11.6 Å². The summed E-state index contributed by atoms with van der Waals surface area (Å²) in [6, 6.07) is 15.4. The van der Waals surface area contributed by atoms with E-state index in [1.165, 1.54) is 11.6 Å². The van der Waals surface area contributed by atoms with Crippen LogP contribution in [0.2, 0.25) is 5.02 Å². The second-order valence-electron chi connectivity index (χ2n) is 6.16. The third kappa shape index (κ3) is 4.25. The fraction of sp³-hybridized carbons (Fsp3) is 0.143. The Bertz CT molecular complexity index is 930. The van der Waals surface area contributed by atoms with Gasteiger partial charge in [0.25, 0.3) is 0 Å². The summed E-state index contributed by atoms with van der Waals surface area (Å²) in [6.45, 7) is 4.31. The fourth-order valence-corrected chi connectivity index (χ4v) is 2.73. The molecule has 25 heavy (non-hydrogen) atoms. The van der Waals surface area contributed by atoms with E-state index in [1.54, 1.807) is 30.5 Å². The van der Waals surface area contributed by atoms with Gasteiger partial charge in [-0.3, -0.25) is 9.78 Å². The number of carbonyl (C=O) groups is 1. The van der Waals surface area contributed by atoms with Gasteiger partial charge in [-0.1, -0.05) is 49.7 Å². The van der Waals surface area contributed by atoms with Gasteiger partial charge >= 0.3 is 0 Å². The number of hydrogen-bond acceptors (Lipinski definition) is 2. The molecule has 0 aliphatic heterocycles. The minimum atomic E-state index is -0.185. The highest BCUT2D eigenvalue weighted by Gasteiger charge is 2.05. The molecule has 126 valence electrons. The van der Waals surface area contributed by atoms with Gasteiger partial charge < -0.3 is 5.32 Å². The molecule has 1 amide bonds. The lowest BCUT2D eigenvalue weighted by Crippen LogP contribution is -2.08. The maximum atomic E-state index is 12.2. The number of nitrogens with zero attached hydrogens (tertiary/aromatic N) is 1. The molecule has 0 aliphatic carbocycles. The summed E-state index contributed by atoms with van der Waals surface area (Å²) in [4.78, 5) is 16.5. The lowest BCUT2D eigenvalue weighted by molar-refractivity contribution is -0.111. The summed E-state index contributed by atoms with van der Waals surface area (Å²) in [5.74, 6) is 0.310. The van der Waals surface area contributed by atoms with Crippen molar-refractivity contribution in [1.82, 2.24) is 4.98 Å². The van der Waals surface area contributed by atoms with Crippen LogP contribution < -0.4 is 5.32 Å². The van der Waals surface area contributed by atoms with Gasteiger partial charge in [-0.25, -0.2) is 0 Å². The Morgan fingerprint density at radius 1 is 1.12 bits per heavy atom. The Labute approximate surface area is 152 Å². The van der Waals surface area contributed by atoms with Crippen LogP contribution in [-0.2, 0) is 4.79 Å². The molecule has 0 bridgehead atoms. The minimum absolute atomic E-state index is 0.185. The number of carbonyl (C=O) groups excluding carboxylic acids is 1. The Balaban J connectivity index is 1.74. The van der Waals surface area contributed by atoms with Crippen LogP contribution in [0.5, 0.6) is 0 Å². The van der Waals surface area contributed by atoms with E-state index in [2.05, 4.69) is 36.3 Å². The number of amides is 1. The predicted octanol–water partition coefficient (Wildman–Crippen LogP) is 5.66. The summed E-state index contributed by atoms with van der Waals surface area (Å²) in [5.41, 5.74) is 3.74. The first-order chi connectivity index (χ1) is 12.0. The van der Waals surface area contributed by atoms with Crippen LogP contribution in [0.4, 0.5) is 5.69 Å². The third-order valence-corrected chi connectivity index (χ3v) is 4.23. The Morgan fingerprint density at radius 3 is 2.60 bits per heavy atom. The lowest BCUT2D eigenvalue weighted by Gasteiger charge is -2.07. The molecule has 0 saturated heterocycles. The van der Waals surface area contributed by atoms with Crippen molar-refractivity contribution in [2.45, 2.75) is 19.8 Å². The Hall–Kier alpha value is -2.65. The molecule has 3 nitrogen and oxygen atoms in total. The van der Waals surface area contributed by atoms with Crippen LogP contribution >= 0.6 is 11.6 Å². The molecule has 1 N–H and O–H groups in total. The molecule has 0 saturated carbocycles. The summed E-state index contributed by atoms with van der Waals surface area (Å²) < 4.78 is 0. The van der Waals surface area contributed by atoms with Crippen LogP contribution in [0.1, 0.15) is 30.9 Å². The minimum Gasteiger partial charge on any atom is -0.322 e. The van der Waals surface area contributed by atoms with Crippen molar-refractivity contribution in [2.24, 2.45) is 0 Å². The molecule has 0 atom stereocenters. The highest BCUT2D eigenvalue weighted by Crippen LogP contribution is 2.24. The van der Waals surface area contributed by atoms with Crippen LogP contribution in [0.25, 0.3) is 17.0 Å². The monoisotopic (exact) mass is 350 g/mol. The van der Waals surface area contributed by atoms with E-state index in [0.29, 0.717) is 16.6 Å². The number of hydrogen-bond donors (Lipinski definition) is 1. The van der Waals surface area contributed by atoms with Crippen molar-refractivity contribution in [3.8, 4) is 0 Å². The first-order valence-corrected chi connectivity index (χ1v) is 8.54. The number of pyridine rings is 1. The average Bonchev–Trinajstić information content (AvgIpc) is 2.60. The number of nitrogens with one attached hydrogen (secondary N) is 1. The highest BCUT2D eigenvalue weighted by atomic mass is 35.5. The number of aromatic nitrogens is 1. The Morgan fingerprint density at radius 2 is 1.88 bits per heavy atom. The highest BCUT2D eigenvalue weighted by molar-refractivity contribution is 6.31. The van der Waals surface area contributed by atoms with Crippen molar-refractivity contribution in [3.05, 3.63) is 77.0 Å². The topological polar surface area (TPSA) is 42.0 Å². The van der Waals surface area contributed by atoms with E-state index in [0.717, 1.165) is 16.5 Å². The Kier molecular flexibility index (Phi) is 5.15. The van der Waals surface area contributed by atoms with Crippen LogP contribution in [0, 0.1) is 0 Å². The molecule has 4 heteroatoms. The normalized spacial score (nSPS) is 11.4. The molecule has 0 fully saturated rings. The second-order valence-corrected chi connectivity index (χ2v) is 6.60. The first-order valence-electron chi connectivity index (χ1n) is 8.16. The van der Waals surface area contributed by atoms with Gasteiger partial charge in [-0.05, 0) is 47.4 Å².